The molecule has 0 aliphatic rings. The highest BCUT2D eigenvalue weighted by atomic mass is 28.4. The largest absolute Gasteiger partial charge is 0.477 e. The van der Waals surface area contributed by atoms with E-state index >= 15 is 0 Å². The van der Waals surface area contributed by atoms with Crippen LogP contribution in [0.5, 0.6) is 0 Å². The number of rotatable bonds is 8. The van der Waals surface area contributed by atoms with E-state index in [1.54, 1.807) is 6.07 Å². The van der Waals surface area contributed by atoms with Crippen molar-refractivity contribution in [3.63, 3.8) is 0 Å². The number of carboxylic acids is 1. The Kier molecular flexibility index (Phi) is 7.51. The molecule has 0 aromatic rings. The van der Waals surface area contributed by atoms with Crippen molar-refractivity contribution >= 4 is 14.3 Å². The van der Waals surface area contributed by atoms with Crippen LogP contribution in [0.25, 0.3) is 0 Å². The van der Waals surface area contributed by atoms with Crippen molar-refractivity contribution < 1.29 is 14.3 Å². The lowest BCUT2D eigenvalue weighted by Crippen LogP contribution is -2.35. The molecule has 0 unspecified atom stereocenters. The summed E-state index contributed by atoms with van der Waals surface area (Å²) in [5, 5.41) is 17.2. The average Bonchev–Trinajstić information content (AvgIpc) is 2.34. The molecule has 0 rings (SSSR count). The zero-order chi connectivity index (χ0) is 13.3. The summed E-state index contributed by atoms with van der Waals surface area (Å²) in [6, 6.07) is 4.89. The third-order valence-electron chi connectivity index (χ3n) is 3.16. The van der Waals surface area contributed by atoms with Crippen molar-refractivity contribution in [2.75, 3.05) is 6.61 Å². The quantitative estimate of drug-likeness (QED) is 0.313. The molecule has 17 heavy (non-hydrogen) atoms. The lowest BCUT2D eigenvalue weighted by molar-refractivity contribution is -0.132. The monoisotopic (exact) mass is 255 g/mol. The van der Waals surface area contributed by atoms with Gasteiger partial charge in [0.1, 0.15) is 11.6 Å². The fraction of sp³-hybridized carbons (Fsp3) is 0.667. The molecule has 0 aliphatic heterocycles. The first-order valence-electron chi connectivity index (χ1n) is 6.02. The molecule has 0 aromatic carbocycles. The fourth-order valence-electron chi connectivity index (χ4n) is 1.72. The third-order valence-corrected chi connectivity index (χ3v) is 7.84. The van der Waals surface area contributed by atoms with Crippen LogP contribution in [0.2, 0.25) is 18.1 Å². The van der Waals surface area contributed by atoms with Gasteiger partial charge in [0.15, 0.2) is 8.32 Å². The molecule has 0 saturated heterocycles. The molecule has 0 bridgehead atoms. The van der Waals surface area contributed by atoms with E-state index in [0.717, 1.165) is 18.1 Å². The zero-order valence-corrected chi connectivity index (χ0v) is 11.8. The number of hydrogen-bond donors (Lipinski definition) is 1. The maximum absolute atomic E-state index is 10.6. The number of aliphatic carboxylic acids is 1. The van der Waals surface area contributed by atoms with Crippen LogP contribution in [0.15, 0.2) is 11.6 Å². The third kappa shape index (κ3) is 5.15. The Bertz CT molecular complexity index is 308. The van der Waals surface area contributed by atoms with Gasteiger partial charge in [0.2, 0.25) is 0 Å². The highest BCUT2D eigenvalue weighted by Gasteiger charge is 2.28. The Morgan fingerprint density at radius 3 is 2.24 bits per heavy atom. The van der Waals surface area contributed by atoms with Gasteiger partial charge in [-0.2, -0.15) is 5.26 Å². The summed E-state index contributed by atoms with van der Waals surface area (Å²) >= 11 is 0. The first-order chi connectivity index (χ1) is 8.05. The van der Waals surface area contributed by atoms with E-state index < -0.39 is 14.3 Å². The van der Waals surface area contributed by atoms with Gasteiger partial charge in [-0.05, 0) is 24.6 Å². The van der Waals surface area contributed by atoms with Crippen molar-refractivity contribution in [2.45, 2.75) is 45.3 Å². The van der Waals surface area contributed by atoms with Gasteiger partial charge in [-0.1, -0.05) is 26.8 Å². The van der Waals surface area contributed by atoms with Crippen molar-refractivity contribution in [1.29, 1.82) is 5.26 Å². The molecule has 0 atom stereocenters. The Morgan fingerprint density at radius 1 is 1.35 bits per heavy atom. The van der Waals surface area contributed by atoms with E-state index in [-0.39, 0.29) is 5.57 Å². The van der Waals surface area contributed by atoms with Gasteiger partial charge in [0.05, 0.1) is 0 Å². The first kappa shape index (κ1) is 15.9. The highest BCUT2D eigenvalue weighted by Crippen LogP contribution is 2.21. The normalized spacial score (nSPS) is 12.2. The van der Waals surface area contributed by atoms with Gasteiger partial charge >= 0.3 is 5.97 Å². The van der Waals surface area contributed by atoms with E-state index in [4.69, 9.17) is 14.8 Å². The predicted molar refractivity (Wildman–Crippen MR) is 69.1 cm³/mol. The second-order valence-corrected chi connectivity index (χ2v) is 8.69. The second-order valence-electron chi connectivity index (χ2n) is 3.92. The molecule has 0 amide bonds. The van der Waals surface area contributed by atoms with E-state index in [1.165, 1.54) is 6.08 Å². The maximum Gasteiger partial charge on any atom is 0.346 e. The SMILES string of the molecule is CC[Si](CC)(CC)OCCC=C(C#N)C(=O)O. The number of carboxylic acid groups (broad SMARTS) is 1. The van der Waals surface area contributed by atoms with E-state index in [1.807, 2.05) is 0 Å². The summed E-state index contributed by atoms with van der Waals surface area (Å²) < 4.78 is 5.94. The summed E-state index contributed by atoms with van der Waals surface area (Å²) in [6.07, 6.45) is 1.92. The van der Waals surface area contributed by atoms with Gasteiger partial charge in [-0.3, -0.25) is 0 Å². The van der Waals surface area contributed by atoms with Crippen LogP contribution in [0.1, 0.15) is 27.2 Å². The van der Waals surface area contributed by atoms with Crippen LogP contribution < -0.4 is 0 Å². The Hall–Kier alpha value is -1.12. The van der Waals surface area contributed by atoms with Crippen LogP contribution in [-0.4, -0.2) is 26.0 Å². The molecule has 0 aromatic heterocycles. The van der Waals surface area contributed by atoms with Crippen LogP contribution >= 0.6 is 0 Å². The lowest BCUT2D eigenvalue weighted by Gasteiger charge is -2.27. The number of hydrogen-bond acceptors (Lipinski definition) is 3. The van der Waals surface area contributed by atoms with Gasteiger partial charge in [-0.25, -0.2) is 4.79 Å². The Balaban J connectivity index is 4.24. The predicted octanol–water partition coefficient (Wildman–Crippen LogP) is 2.93. The molecule has 0 heterocycles. The Morgan fingerprint density at radius 2 is 1.88 bits per heavy atom. The van der Waals surface area contributed by atoms with Crippen molar-refractivity contribution in [3.8, 4) is 6.07 Å². The minimum Gasteiger partial charge on any atom is -0.477 e. The van der Waals surface area contributed by atoms with Gasteiger partial charge < -0.3 is 9.53 Å². The molecular weight excluding hydrogens is 234 g/mol. The minimum absolute atomic E-state index is 0.203. The summed E-state index contributed by atoms with van der Waals surface area (Å²) in [5.41, 5.74) is -0.203. The van der Waals surface area contributed by atoms with Crippen LogP contribution in [-0.2, 0) is 9.22 Å². The molecule has 0 fully saturated rings. The van der Waals surface area contributed by atoms with Crippen molar-refractivity contribution in [3.05, 3.63) is 11.6 Å². The molecular formula is C12H21NO3Si. The molecule has 96 valence electrons. The van der Waals surface area contributed by atoms with E-state index in [9.17, 15) is 4.79 Å². The number of nitriles is 1. The summed E-state index contributed by atoms with van der Waals surface area (Å²) in [6.45, 7) is 6.95. The van der Waals surface area contributed by atoms with Crippen LogP contribution in [0.4, 0.5) is 0 Å². The van der Waals surface area contributed by atoms with Gasteiger partial charge in [-0.15, -0.1) is 0 Å². The standard InChI is InChI=1S/C12H21NO3Si/c1-4-17(5-2,6-3)16-9-7-8-11(10-13)12(14)15/h8H,4-7,9H2,1-3H3,(H,14,15). The molecule has 1 N–H and O–H groups in total. The average molecular weight is 255 g/mol. The fourth-order valence-corrected chi connectivity index (χ4v) is 4.38. The van der Waals surface area contributed by atoms with E-state index in [0.29, 0.717) is 13.0 Å². The maximum atomic E-state index is 10.6. The second kappa shape index (κ2) is 8.04. The van der Waals surface area contributed by atoms with Crippen LogP contribution in [0.3, 0.4) is 0 Å². The molecule has 0 spiro atoms. The molecule has 0 saturated carbocycles. The topological polar surface area (TPSA) is 70.3 Å². The molecule has 4 nitrogen and oxygen atoms in total. The minimum atomic E-state index is -1.59. The highest BCUT2D eigenvalue weighted by molar-refractivity contribution is 6.73. The number of carbonyl (C=O) groups is 1. The smallest absolute Gasteiger partial charge is 0.346 e. The van der Waals surface area contributed by atoms with Crippen LogP contribution in [0, 0.1) is 11.3 Å². The van der Waals surface area contributed by atoms with Gasteiger partial charge in [0, 0.05) is 6.61 Å². The summed E-state index contributed by atoms with van der Waals surface area (Å²) in [7, 11) is -1.59. The molecule has 5 heteroatoms. The summed E-state index contributed by atoms with van der Waals surface area (Å²) in [4.78, 5) is 10.6. The lowest BCUT2D eigenvalue weighted by atomic mass is 10.2. The van der Waals surface area contributed by atoms with Crippen molar-refractivity contribution in [1.82, 2.24) is 0 Å². The summed E-state index contributed by atoms with van der Waals surface area (Å²) in [5.74, 6) is -1.17. The van der Waals surface area contributed by atoms with E-state index in [2.05, 4.69) is 20.8 Å². The first-order valence-corrected chi connectivity index (χ1v) is 8.55. The Labute approximate surface area is 104 Å². The van der Waals surface area contributed by atoms with Gasteiger partial charge in [0.25, 0.3) is 0 Å². The molecule has 0 aliphatic carbocycles. The zero-order valence-electron chi connectivity index (χ0n) is 10.8. The molecule has 0 radical (unpaired) electrons. The van der Waals surface area contributed by atoms with Crippen molar-refractivity contribution in [2.24, 2.45) is 0 Å². The number of nitrogens with zero attached hydrogens (tertiary/aromatic N) is 1.